The number of aliphatic carboxylic acids is 1. The van der Waals surface area contributed by atoms with Crippen molar-refractivity contribution in [2.24, 2.45) is 11.5 Å². The third kappa shape index (κ3) is 9.53. The maximum Gasteiger partial charge on any atom is 0.326 e. The molecule has 4 unspecified atom stereocenters. The van der Waals surface area contributed by atoms with Crippen LogP contribution in [0.25, 0.3) is 0 Å². The van der Waals surface area contributed by atoms with Crippen molar-refractivity contribution in [1.82, 2.24) is 16.0 Å². The lowest BCUT2D eigenvalue weighted by atomic mass is 10.1. The van der Waals surface area contributed by atoms with Crippen molar-refractivity contribution in [1.29, 1.82) is 0 Å². The van der Waals surface area contributed by atoms with Gasteiger partial charge in [0.2, 0.25) is 23.6 Å². The van der Waals surface area contributed by atoms with Gasteiger partial charge in [0, 0.05) is 0 Å². The van der Waals surface area contributed by atoms with Crippen LogP contribution in [0.3, 0.4) is 0 Å². The van der Waals surface area contributed by atoms with Crippen LogP contribution in [0.2, 0.25) is 0 Å². The van der Waals surface area contributed by atoms with Crippen LogP contribution in [-0.2, 0) is 24.0 Å². The Morgan fingerprint density at radius 1 is 1.04 bits per heavy atom. The van der Waals surface area contributed by atoms with Crippen LogP contribution in [0.15, 0.2) is 0 Å². The topological polar surface area (TPSA) is 214 Å². The van der Waals surface area contributed by atoms with Crippen molar-refractivity contribution in [3.8, 4) is 0 Å². The predicted octanol–water partition coefficient (Wildman–Crippen LogP) is -3.51. The van der Waals surface area contributed by atoms with Gasteiger partial charge in [-0.2, -0.15) is 11.8 Å². The van der Waals surface area contributed by atoms with Crippen molar-refractivity contribution in [3.63, 3.8) is 0 Å². The molecule has 0 aliphatic heterocycles. The van der Waals surface area contributed by atoms with Crippen molar-refractivity contribution in [3.05, 3.63) is 0 Å². The van der Waals surface area contributed by atoms with Crippen molar-refractivity contribution in [2.45, 2.75) is 44.0 Å². The Bertz CT molecular complexity index is 587. The van der Waals surface area contributed by atoms with Crippen molar-refractivity contribution in [2.75, 3.05) is 18.6 Å². The molecular formula is C15H27N5O7S. The highest BCUT2D eigenvalue weighted by molar-refractivity contribution is 7.98. The van der Waals surface area contributed by atoms with Crippen molar-refractivity contribution < 1.29 is 34.2 Å². The number of carboxylic acids is 1. The van der Waals surface area contributed by atoms with Crippen LogP contribution in [0.4, 0.5) is 0 Å². The monoisotopic (exact) mass is 421 g/mol. The maximum absolute atomic E-state index is 12.4. The van der Waals surface area contributed by atoms with Crippen LogP contribution in [0, 0.1) is 0 Å². The molecule has 0 bridgehead atoms. The molecule has 0 aromatic rings. The molecule has 13 heteroatoms. The number of hydrogen-bond acceptors (Lipinski definition) is 8. The summed E-state index contributed by atoms with van der Waals surface area (Å²) in [4.78, 5) is 58.5. The van der Waals surface area contributed by atoms with E-state index < -0.39 is 66.8 Å². The number of aliphatic hydroxyl groups excluding tert-OH is 1. The summed E-state index contributed by atoms with van der Waals surface area (Å²) in [6, 6.07) is -4.14. The largest absolute Gasteiger partial charge is 0.480 e. The molecule has 0 aromatic carbocycles. The number of carboxylic acid groups (broad SMARTS) is 1. The minimum absolute atomic E-state index is 0.138. The van der Waals surface area contributed by atoms with Crippen LogP contribution in [0.1, 0.15) is 19.8 Å². The van der Waals surface area contributed by atoms with Crippen LogP contribution >= 0.6 is 11.8 Å². The number of hydrogen-bond donors (Lipinski definition) is 7. The van der Waals surface area contributed by atoms with Gasteiger partial charge in [-0.15, -0.1) is 0 Å². The highest BCUT2D eigenvalue weighted by Gasteiger charge is 2.32. The lowest BCUT2D eigenvalue weighted by Gasteiger charge is -2.25. The Labute approximate surface area is 166 Å². The molecule has 160 valence electrons. The van der Waals surface area contributed by atoms with Gasteiger partial charge >= 0.3 is 5.97 Å². The number of carbonyl (C=O) groups is 5. The Hall–Kier alpha value is -2.38. The van der Waals surface area contributed by atoms with Gasteiger partial charge in [-0.3, -0.25) is 19.2 Å². The SMILES string of the molecule is CSCCC(NC(=O)C(NC(=O)C(CC(N)=O)NC(=O)CN)C(C)O)C(=O)O. The van der Waals surface area contributed by atoms with Gasteiger partial charge in [0.15, 0.2) is 0 Å². The minimum Gasteiger partial charge on any atom is -0.480 e. The zero-order valence-electron chi connectivity index (χ0n) is 15.6. The molecule has 12 nitrogen and oxygen atoms in total. The van der Waals surface area contributed by atoms with Crippen LogP contribution in [0.5, 0.6) is 0 Å². The third-order valence-electron chi connectivity index (χ3n) is 3.53. The van der Waals surface area contributed by atoms with Crippen molar-refractivity contribution >= 4 is 41.4 Å². The number of nitrogens with two attached hydrogens (primary N) is 2. The highest BCUT2D eigenvalue weighted by atomic mass is 32.2. The summed E-state index contributed by atoms with van der Waals surface area (Å²) < 4.78 is 0. The van der Waals surface area contributed by atoms with E-state index in [0.29, 0.717) is 5.75 Å². The standard InChI is InChI=1S/C15H27N5O7S/c1-7(21)12(14(25)19-8(15(26)27)3-4-28-2)20-13(24)9(5-10(17)22)18-11(23)6-16/h7-9,12,21H,3-6,16H2,1-2H3,(H2,17,22)(H,18,23)(H,19,25)(H,20,24)(H,26,27). The summed E-state index contributed by atoms with van der Waals surface area (Å²) in [6.07, 6.45) is -0.0384. The van der Waals surface area contributed by atoms with Gasteiger partial charge in [0.1, 0.15) is 18.1 Å². The maximum atomic E-state index is 12.4. The van der Waals surface area contributed by atoms with E-state index in [1.165, 1.54) is 18.7 Å². The van der Waals surface area contributed by atoms with Gasteiger partial charge in [0.25, 0.3) is 0 Å². The summed E-state index contributed by atoms with van der Waals surface area (Å²) in [5.74, 6) is -4.31. The molecule has 0 aliphatic rings. The molecule has 0 spiro atoms. The Morgan fingerprint density at radius 3 is 2.07 bits per heavy atom. The summed E-state index contributed by atoms with van der Waals surface area (Å²) >= 11 is 1.39. The first-order valence-electron chi connectivity index (χ1n) is 8.31. The fraction of sp³-hybridized carbons (Fsp3) is 0.667. The molecule has 9 N–H and O–H groups in total. The second kappa shape index (κ2) is 12.9. The zero-order chi connectivity index (χ0) is 21.9. The summed E-state index contributed by atoms with van der Waals surface area (Å²) in [6.45, 7) is 0.766. The fourth-order valence-corrected chi connectivity index (χ4v) is 2.55. The third-order valence-corrected chi connectivity index (χ3v) is 4.17. The predicted molar refractivity (Wildman–Crippen MR) is 101 cm³/mol. The van der Waals surface area contributed by atoms with Gasteiger partial charge < -0.3 is 37.6 Å². The molecule has 0 saturated carbocycles. The number of aliphatic hydroxyl groups is 1. The number of amides is 4. The van der Waals surface area contributed by atoms with E-state index in [2.05, 4.69) is 16.0 Å². The average molecular weight is 421 g/mol. The molecule has 0 radical (unpaired) electrons. The molecule has 0 heterocycles. The quantitative estimate of drug-likeness (QED) is 0.157. The zero-order valence-corrected chi connectivity index (χ0v) is 16.5. The van der Waals surface area contributed by atoms with E-state index in [1.54, 1.807) is 6.26 Å². The lowest BCUT2D eigenvalue weighted by molar-refractivity contribution is -0.143. The normalized spacial score (nSPS) is 14.9. The highest BCUT2D eigenvalue weighted by Crippen LogP contribution is 2.04. The van der Waals surface area contributed by atoms with E-state index in [4.69, 9.17) is 11.5 Å². The number of rotatable bonds is 13. The van der Waals surface area contributed by atoms with E-state index in [1.807, 2.05) is 0 Å². The molecule has 28 heavy (non-hydrogen) atoms. The summed E-state index contributed by atoms with van der Waals surface area (Å²) in [5, 5.41) is 25.6. The number of carbonyl (C=O) groups excluding carboxylic acids is 4. The minimum atomic E-state index is -1.52. The van der Waals surface area contributed by atoms with Gasteiger partial charge in [-0.25, -0.2) is 4.79 Å². The number of primary amides is 1. The van der Waals surface area contributed by atoms with Crippen LogP contribution in [-0.4, -0.2) is 82.6 Å². The molecule has 0 rings (SSSR count). The molecule has 0 saturated heterocycles. The Kier molecular flexibility index (Phi) is 11.8. The van der Waals surface area contributed by atoms with Gasteiger partial charge in [-0.05, 0) is 25.4 Å². The molecule has 0 aliphatic carbocycles. The van der Waals surface area contributed by atoms with E-state index >= 15 is 0 Å². The van der Waals surface area contributed by atoms with Gasteiger partial charge in [0.05, 0.1) is 19.1 Å². The molecule has 4 atom stereocenters. The van der Waals surface area contributed by atoms with E-state index in [9.17, 15) is 34.2 Å². The second-order valence-electron chi connectivity index (χ2n) is 5.90. The first kappa shape index (κ1) is 25.6. The first-order chi connectivity index (χ1) is 13.0. The molecule has 0 aromatic heterocycles. The molecule has 4 amide bonds. The summed E-state index contributed by atoms with van der Waals surface area (Å²) in [7, 11) is 0. The Morgan fingerprint density at radius 2 is 1.64 bits per heavy atom. The smallest absolute Gasteiger partial charge is 0.326 e. The number of thioether (sulfide) groups is 1. The lowest BCUT2D eigenvalue weighted by Crippen LogP contribution is -2.59. The second-order valence-corrected chi connectivity index (χ2v) is 6.89. The number of nitrogens with one attached hydrogen (secondary N) is 3. The van der Waals surface area contributed by atoms with E-state index in [0.717, 1.165) is 0 Å². The van der Waals surface area contributed by atoms with Crippen LogP contribution < -0.4 is 27.4 Å². The first-order valence-corrected chi connectivity index (χ1v) is 9.71. The molecule has 0 fully saturated rings. The fourth-order valence-electron chi connectivity index (χ4n) is 2.08. The van der Waals surface area contributed by atoms with E-state index in [-0.39, 0.29) is 6.42 Å². The Balaban J connectivity index is 5.25. The average Bonchev–Trinajstić information content (AvgIpc) is 2.60. The van der Waals surface area contributed by atoms with Gasteiger partial charge in [-0.1, -0.05) is 0 Å². The summed E-state index contributed by atoms with van der Waals surface area (Å²) in [5.41, 5.74) is 10.2. The molecular weight excluding hydrogens is 394 g/mol.